The Kier molecular flexibility index (Phi) is 3.54. The molecule has 3 rings (SSSR count). The Morgan fingerprint density at radius 3 is 2.56 bits per heavy atom. The molecular weight excluding hydrogens is 228 g/mol. The molecule has 2 aliphatic rings. The number of morpholine rings is 1. The van der Waals surface area contributed by atoms with Crippen LogP contribution < -0.4 is 5.73 Å². The van der Waals surface area contributed by atoms with Crippen molar-refractivity contribution in [1.82, 2.24) is 14.9 Å². The van der Waals surface area contributed by atoms with Gasteiger partial charge in [0.2, 0.25) is 0 Å². The zero-order valence-corrected chi connectivity index (χ0v) is 10.6. The fraction of sp³-hybridized carbons (Fsp3) is 0.692. The zero-order chi connectivity index (χ0) is 12.4. The van der Waals surface area contributed by atoms with Crippen molar-refractivity contribution < 1.29 is 4.74 Å². The summed E-state index contributed by atoms with van der Waals surface area (Å²) in [6.45, 7) is 4.41. The van der Waals surface area contributed by atoms with Gasteiger partial charge in [0.15, 0.2) is 0 Å². The van der Waals surface area contributed by atoms with Crippen molar-refractivity contribution in [2.45, 2.75) is 24.8 Å². The second-order valence-electron chi connectivity index (χ2n) is 5.17. The van der Waals surface area contributed by atoms with Gasteiger partial charge in [0.1, 0.15) is 5.82 Å². The number of aromatic nitrogens is 2. The van der Waals surface area contributed by atoms with E-state index >= 15 is 0 Å². The van der Waals surface area contributed by atoms with Crippen molar-refractivity contribution in [1.29, 1.82) is 0 Å². The SMILES string of the molecule is NC(CN1CCOCC1)c1cnc(C2CC2)nc1. The topological polar surface area (TPSA) is 64.3 Å². The van der Waals surface area contributed by atoms with Crippen LogP contribution in [0.5, 0.6) is 0 Å². The minimum atomic E-state index is -0.00338. The van der Waals surface area contributed by atoms with Gasteiger partial charge in [-0.3, -0.25) is 4.90 Å². The Morgan fingerprint density at radius 1 is 1.28 bits per heavy atom. The average Bonchev–Trinajstić information content (AvgIpc) is 3.24. The largest absolute Gasteiger partial charge is 0.379 e. The first-order valence-electron chi connectivity index (χ1n) is 6.70. The third kappa shape index (κ3) is 2.85. The summed E-state index contributed by atoms with van der Waals surface area (Å²) >= 11 is 0. The number of nitrogens with two attached hydrogens (primary N) is 1. The van der Waals surface area contributed by atoms with Gasteiger partial charge in [-0.25, -0.2) is 9.97 Å². The maximum atomic E-state index is 6.21. The van der Waals surface area contributed by atoms with Crippen LogP contribution in [-0.2, 0) is 4.74 Å². The molecule has 0 bridgehead atoms. The number of rotatable bonds is 4. The molecule has 1 unspecified atom stereocenters. The van der Waals surface area contributed by atoms with Gasteiger partial charge in [0.05, 0.1) is 13.2 Å². The highest BCUT2D eigenvalue weighted by atomic mass is 16.5. The highest BCUT2D eigenvalue weighted by Crippen LogP contribution is 2.37. The van der Waals surface area contributed by atoms with E-state index in [-0.39, 0.29) is 6.04 Å². The Morgan fingerprint density at radius 2 is 1.94 bits per heavy atom. The number of hydrogen-bond acceptors (Lipinski definition) is 5. The van der Waals surface area contributed by atoms with E-state index in [0.29, 0.717) is 5.92 Å². The molecular formula is C13H20N4O. The van der Waals surface area contributed by atoms with Crippen molar-refractivity contribution in [3.8, 4) is 0 Å². The number of nitrogens with zero attached hydrogens (tertiary/aromatic N) is 3. The molecule has 1 saturated carbocycles. The van der Waals surface area contributed by atoms with Crippen LogP contribution in [0.1, 0.15) is 36.2 Å². The monoisotopic (exact) mass is 248 g/mol. The predicted molar refractivity (Wildman–Crippen MR) is 68.2 cm³/mol. The van der Waals surface area contributed by atoms with Gasteiger partial charge in [0, 0.05) is 49.6 Å². The van der Waals surface area contributed by atoms with Gasteiger partial charge in [-0.2, -0.15) is 0 Å². The highest BCUT2D eigenvalue weighted by Gasteiger charge is 2.26. The quantitative estimate of drug-likeness (QED) is 0.849. The molecule has 1 aliphatic heterocycles. The second-order valence-corrected chi connectivity index (χ2v) is 5.17. The highest BCUT2D eigenvalue weighted by molar-refractivity contribution is 5.14. The molecule has 2 heterocycles. The van der Waals surface area contributed by atoms with Crippen LogP contribution in [0.4, 0.5) is 0 Å². The summed E-state index contributed by atoms with van der Waals surface area (Å²) in [4.78, 5) is 11.2. The standard InChI is InChI=1S/C13H20N4O/c14-12(9-17-3-5-18-6-4-17)11-7-15-13(16-8-11)10-1-2-10/h7-8,10,12H,1-6,9,14H2. The molecule has 0 aromatic carbocycles. The first-order chi connectivity index (χ1) is 8.83. The number of hydrogen-bond donors (Lipinski definition) is 1. The fourth-order valence-electron chi connectivity index (χ4n) is 2.26. The van der Waals surface area contributed by atoms with E-state index in [1.165, 1.54) is 12.8 Å². The van der Waals surface area contributed by atoms with Gasteiger partial charge in [0.25, 0.3) is 0 Å². The maximum Gasteiger partial charge on any atom is 0.131 e. The van der Waals surface area contributed by atoms with Gasteiger partial charge in [-0.05, 0) is 12.8 Å². The van der Waals surface area contributed by atoms with E-state index in [9.17, 15) is 0 Å². The van der Waals surface area contributed by atoms with Crippen molar-refractivity contribution >= 4 is 0 Å². The molecule has 1 aliphatic carbocycles. The normalized spacial score (nSPS) is 22.9. The van der Waals surface area contributed by atoms with Crippen molar-refractivity contribution in [2.75, 3.05) is 32.8 Å². The second kappa shape index (κ2) is 5.30. The number of ether oxygens (including phenoxy) is 1. The minimum absolute atomic E-state index is 0.00338. The lowest BCUT2D eigenvalue weighted by atomic mass is 10.1. The molecule has 5 nitrogen and oxygen atoms in total. The zero-order valence-electron chi connectivity index (χ0n) is 10.6. The van der Waals surface area contributed by atoms with Crippen LogP contribution in [0, 0.1) is 0 Å². The molecule has 2 N–H and O–H groups in total. The predicted octanol–water partition coefficient (Wildman–Crippen LogP) is 0.686. The van der Waals surface area contributed by atoms with Crippen LogP contribution in [0.3, 0.4) is 0 Å². The van der Waals surface area contributed by atoms with Crippen LogP contribution in [0.2, 0.25) is 0 Å². The molecule has 0 amide bonds. The summed E-state index contributed by atoms with van der Waals surface area (Å²) in [5.74, 6) is 1.59. The molecule has 1 aromatic heterocycles. The van der Waals surface area contributed by atoms with E-state index in [1.807, 2.05) is 12.4 Å². The molecule has 98 valence electrons. The van der Waals surface area contributed by atoms with Crippen molar-refractivity contribution in [3.05, 3.63) is 23.8 Å². The Bertz CT molecular complexity index is 384. The molecule has 5 heteroatoms. The lowest BCUT2D eigenvalue weighted by Crippen LogP contribution is -2.40. The third-order valence-electron chi connectivity index (χ3n) is 3.62. The van der Waals surface area contributed by atoms with Crippen LogP contribution in [-0.4, -0.2) is 47.7 Å². The third-order valence-corrected chi connectivity index (χ3v) is 3.62. The van der Waals surface area contributed by atoms with Crippen LogP contribution in [0.25, 0.3) is 0 Å². The lowest BCUT2D eigenvalue weighted by molar-refractivity contribution is 0.0352. The summed E-state index contributed by atoms with van der Waals surface area (Å²) < 4.78 is 5.33. The van der Waals surface area contributed by atoms with E-state index in [2.05, 4.69) is 14.9 Å². The van der Waals surface area contributed by atoms with Gasteiger partial charge in [-0.1, -0.05) is 0 Å². The van der Waals surface area contributed by atoms with Crippen molar-refractivity contribution in [3.63, 3.8) is 0 Å². The van der Waals surface area contributed by atoms with E-state index in [1.54, 1.807) is 0 Å². The summed E-state index contributed by atoms with van der Waals surface area (Å²) in [6.07, 6.45) is 6.26. The van der Waals surface area contributed by atoms with E-state index in [0.717, 1.165) is 44.2 Å². The molecule has 1 aromatic rings. The summed E-state index contributed by atoms with van der Waals surface area (Å²) in [5.41, 5.74) is 7.24. The Hall–Kier alpha value is -1.04. The van der Waals surface area contributed by atoms with Gasteiger partial charge < -0.3 is 10.5 Å². The molecule has 1 atom stereocenters. The first kappa shape index (κ1) is 12.0. The maximum absolute atomic E-state index is 6.21. The van der Waals surface area contributed by atoms with Crippen molar-refractivity contribution in [2.24, 2.45) is 5.73 Å². The van der Waals surface area contributed by atoms with Gasteiger partial charge in [-0.15, -0.1) is 0 Å². The molecule has 0 spiro atoms. The van der Waals surface area contributed by atoms with Crippen LogP contribution >= 0.6 is 0 Å². The fourth-order valence-corrected chi connectivity index (χ4v) is 2.26. The molecule has 0 radical (unpaired) electrons. The van der Waals surface area contributed by atoms with Gasteiger partial charge >= 0.3 is 0 Å². The molecule has 18 heavy (non-hydrogen) atoms. The Balaban J connectivity index is 1.58. The molecule has 2 fully saturated rings. The van der Waals surface area contributed by atoms with E-state index in [4.69, 9.17) is 10.5 Å². The molecule has 1 saturated heterocycles. The summed E-state index contributed by atoms with van der Waals surface area (Å²) in [5, 5.41) is 0. The van der Waals surface area contributed by atoms with Crippen LogP contribution in [0.15, 0.2) is 12.4 Å². The Labute approximate surface area is 107 Å². The summed E-state index contributed by atoms with van der Waals surface area (Å²) in [7, 11) is 0. The lowest BCUT2D eigenvalue weighted by Gasteiger charge is -2.28. The minimum Gasteiger partial charge on any atom is -0.379 e. The smallest absolute Gasteiger partial charge is 0.131 e. The van der Waals surface area contributed by atoms with E-state index < -0.39 is 0 Å². The summed E-state index contributed by atoms with van der Waals surface area (Å²) in [6, 6.07) is -0.00338. The average molecular weight is 248 g/mol. The first-order valence-corrected chi connectivity index (χ1v) is 6.70.